The van der Waals surface area contributed by atoms with Crippen molar-refractivity contribution in [1.82, 2.24) is 4.31 Å². The number of benzene rings is 2. The summed E-state index contributed by atoms with van der Waals surface area (Å²) in [7, 11) is -3.56. The number of ketones is 1. The van der Waals surface area contributed by atoms with Crippen molar-refractivity contribution in [3.63, 3.8) is 0 Å². The molecule has 6 nitrogen and oxygen atoms in total. The first-order valence-corrected chi connectivity index (χ1v) is 11.3. The Hall–Kier alpha value is -2.51. The first-order chi connectivity index (χ1) is 13.9. The number of anilines is 1. The summed E-state index contributed by atoms with van der Waals surface area (Å²) in [4.78, 5) is 24.6. The highest BCUT2D eigenvalue weighted by atomic mass is 32.2. The SMILES string of the molecule is Cc1ccc(C(=O)CCC(=O)Nc2cccc(S(=O)(=O)N3CCCCC3)c2)cc1. The fourth-order valence-corrected chi connectivity index (χ4v) is 4.89. The minimum Gasteiger partial charge on any atom is -0.326 e. The Kier molecular flexibility index (Phi) is 6.82. The highest BCUT2D eigenvalue weighted by molar-refractivity contribution is 7.89. The van der Waals surface area contributed by atoms with Gasteiger partial charge in [-0.05, 0) is 38.0 Å². The summed E-state index contributed by atoms with van der Waals surface area (Å²) in [5.74, 6) is -0.417. The van der Waals surface area contributed by atoms with Crippen molar-refractivity contribution in [3.05, 3.63) is 59.7 Å². The van der Waals surface area contributed by atoms with Crippen LogP contribution in [-0.4, -0.2) is 37.5 Å². The molecular formula is C22H26N2O4S. The lowest BCUT2D eigenvalue weighted by molar-refractivity contribution is -0.116. The van der Waals surface area contributed by atoms with Gasteiger partial charge in [-0.25, -0.2) is 8.42 Å². The van der Waals surface area contributed by atoms with Gasteiger partial charge in [0.25, 0.3) is 0 Å². The van der Waals surface area contributed by atoms with E-state index >= 15 is 0 Å². The Morgan fingerprint density at radius 3 is 2.34 bits per heavy atom. The van der Waals surface area contributed by atoms with Crippen LogP contribution < -0.4 is 5.32 Å². The largest absolute Gasteiger partial charge is 0.326 e. The molecule has 0 spiro atoms. The maximum atomic E-state index is 12.8. The fourth-order valence-electron chi connectivity index (χ4n) is 3.32. The van der Waals surface area contributed by atoms with Crippen LogP contribution in [0.1, 0.15) is 48.0 Å². The average Bonchev–Trinajstić information content (AvgIpc) is 2.73. The summed E-state index contributed by atoms with van der Waals surface area (Å²) in [5, 5.41) is 2.70. The second-order valence-electron chi connectivity index (χ2n) is 7.33. The molecule has 1 amide bonds. The Morgan fingerprint density at radius 1 is 0.966 bits per heavy atom. The Bertz CT molecular complexity index is 978. The third kappa shape index (κ3) is 5.52. The Morgan fingerprint density at radius 2 is 1.66 bits per heavy atom. The van der Waals surface area contributed by atoms with Crippen LogP contribution in [-0.2, 0) is 14.8 Å². The fraction of sp³-hybridized carbons (Fsp3) is 0.364. The van der Waals surface area contributed by atoms with E-state index in [2.05, 4.69) is 5.32 Å². The molecule has 0 bridgehead atoms. The van der Waals surface area contributed by atoms with Gasteiger partial charge in [0.15, 0.2) is 5.78 Å². The van der Waals surface area contributed by atoms with E-state index in [0.717, 1.165) is 24.8 Å². The number of amides is 1. The van der Waals surface area contributed by atoms with E-state index in [1.165, 1.54) is 10.4 Å². The lowest BCUT2D eigenvalue weighted by atomic mass is 10.0. The number of Topliss-reactive ketones (excluding diaryl/α,β-unsaturated/α-hetero) is 1. The van der Waals surface area contributed by atoms with Gasteiger partial charge in [-0.15, -0.1) is 0 Å². The Balaban J connectivity index is 1.60. The molecule has 7 heteroatoms. The topological polar surface area (TPSA) is 83.5 Å². The van der Waals surface area contributed by atoms with Crippen molar-refractivity contribution >= 4 is 27.4 Å². The number of nitrogens with zero attached hydrogens (tertiary/aromatic N) is 1. The highest BCUT2D eigenvalue weighted by Gasteiger charge is 2.26. The number of carbonyl (C=O) groups is 2. The molecule has 0 radical (unpaired) electrons. The van der Waals surface area contributed by atoms with Gasteiger partial charge in [-0.1, -0.05) is 42.3 Å². The molecule has 1 N–H and O–H groups in total. The molecule has 2 aromatic rings. The van der Waals surface area contributed by atoms with Crippen LogP contribution in [0.25, 0.3) is 0 Å². The summed E-state index contributed by atoms with van der Waals surface area (Å²) in [5.41, 5.74) is 2.06. The summed E-state index contributed by atoms with van der Waals surface area (Å²) in [6.07, 6.45) is 2.91. The minimum atomic E-state index is -3.56. The van der Waals surface area contributed by atoms with Crippen LogP contribution >= 0.6 is 0 Å². The minimum absolute atomic E-state index is 0.0375. The highest BCUT2D eigenvalue weighted by Crippen LogP contribution is 2.23. The third-order valence-corrected chi connectivity index (χ3v) is 6.92. The van der Waals surface area contributed by atoms with Crippen LogP contribution in [0.3, 0.4) is 0 Å². The predicted octanol–water partition coefficient (Wildman–Crippen LogP) is 3.77. The molecule has 0 aromatic heterocycles. The van der Waals surface area contributed by atoms with Crippen molar-refractivity contribution < 1.29 is 18.0 Å². The molecular weight excluding hydrogens is 388 g/mol. The normalized spacial score (nSPS) is 15.1. The van der Waals surface area contributed by atoms with Crippen molar-refractivity contribution in [2.24, 2.45) is 0 Å². The summed E-state index contributed by atoms with van der Waals surface area (Å²) < 4.78 is 27.1. The number of piperidine rings is 1. The quantitative estimate of drug-likeness (QED) is 0.699. The maximum absolute atomic E-state index is 12.8. The molecule has 1 aliphatic rings. The molecule has 1 saturated heterocycles. The van der Waals surface area contributed by atoms with E-state index in [1.54, 1.807) is 30.3 Å². The lowest BCUT2D eigenvalue weighted by Gasteiger charge is -2.26. The van der Waals surface area contributed by atoms with Crippen LogP contribution in [0.5, 0.6) is 0 Å². The summed E-state index contributed by atoms with van der Waals surface area (Å²) >= 11 is 0. The second-order valence-corrected chi connectivity index (χ2v) is 9.27. The first-order valence-electron chi connectivity index (χ1n) is 9.86. The number of rotatable bonds is 7. The monoisotopic (exact) mass is 414 g/mol. The van der Waals surface area contributed by atoms with Crippen molar-refractivity contribution in [3.8, 4) is 0 Å². The van der Waals surface area contributed by atoms with Gasteiger partial charge < -0.3 is 5.32 Å². The summed E-state index contributed by atoms with van der Waals surface area (Å²) in [6, 6.07) is 13.5. The van der Waals surface area contributed by atoms with Crippen LogP contribution in [0, 0.1) is 6.92 Å². The number of aryl methyl sites for hydroxylation is 1. The number of sulfonamides is 1. The van der Waals surface area contributed by atoms with Gasteiger partial charge in [0, 0.05) is 37.2 Å². The Labute approximate surface area is 172 Å². The third-order valence-electron chi connectivity index (χ3n) is 5.02. The number of hydrogen-bond donors (Lipinski definition) is 1. The van der Waals surface area contributed by atoms with Gasteiger partial charge >= 0.3 is 0 Å². The molecule has 1 aliphatic heterocycles. The van der Waals surface area contributed by atoms with Crippen molar-refractivity contribution in [1.29, 1.82) is 0 Å². The predicted molar refractivity (Wildman–Crippen MR) is 112 cm³/mol. The molecule has 0 atom stereocenters. The maximum Gasteiger partial charge on any atom is 0.243 e. The van der Waals surface area contributed by atoms with E-state index in [0.29, 0.717) is 24.3 Å². The number of carbonyl (C=O) groups excluding carboxylic acids is 2. The molecule has 1 heterocycles. The van der Waals surface area contributed by atoms with E-state index in [9.17, 15) is 18.0 Å². The van der Waals surface area contributed by atoms with Gasteiger partial charge in [0.05, 0.1) is 4.90 Å². The molecule has 1 fully saturated rings. The van der Waals surface area contributed by atoms with Crippen LogP contribution in [0.2, 0.25) is 0 Å². The van der Waals surface area contributed by atoms with E-state index in [4.69, 9.17) is 0 Å². The number of nitrogens with one attached hydrogen (secondary N) is 1. The zero-order valence-corrected chi connectivity index (χ0v) is 17.4. The average molecular weight is 415 g/mol. The van der Waals surface area contributed by atoms with Gasteiger partial charge in [-0.2, -0.15) is 4.31 Å². The van der Waals surface area contributed by atoms with Crippen molar-refractivity contribution in [2.75, 3.05) is 18.4 Å². The number of hydrogen-bond acceptors (Lipinski definition) is 4. The van der Waals surface area contributed by atoms with Crippen LogP contribution in [0.15, 0.2) is 53.4 Å². The molecule has 154 valence electrons. The van der Waals surface area contributed by atoms with Crippen molar-refractivity contribution in [2.45, 2.75) is 43.9 Å². The van der Waals surface area contributed by atoms with E-state index < -0.39 is 10.0 Å². The molecule has 0 aliphatic carbocycles. The molecule has 29 heavy (non-hydrogen) atoms. The lowest BCUT2D eigenvalue weighted by Crippen LogP contribution is -2.35. The zero-order valence-electron chi connectivity index (χ0n) is 16.6. The van der Waals surface area contributed by atoms with E-state index in [-0.39, 0.29) is 29.4 Å². The zero-order chi connectivity index (χ0) is 20.9. The van der Waals surface area contributed by atoms with Gasteiger partial charge in [0.1, 0.15) is 0 Å². The van der Waals surface area contributed by atoms with Gasteiger partial charge in [-0.3, -0.25) is 9.59 Å². The molecule has 2 aromatic carbocycles. The second kappa shape index (κ2) is 9.33. The first kappa shape index (κ1) is 21.2. The standard InChI is InChI=1S/C22H26N2O4S/c1-17-8-10-18(11-9-17)21(25)12-13-22(26)23-19-6-5-7-20(16-19)29(27,28)24-14-3-2-4-15-24/h5-11,16H,2-4,12-15H2,1H3,(H,23,26). The van der Waals surface area contributed by atoms with Gasteiger partial charge in [0.2, 0.25) is 15.9 Å². The van der Waals surface area contributed by atoms with Crippen LogP contribution in [0.4, 0.5) is 5.69 Å². The molecule has 3 rings (SSSR count). The molecule has 0 saturated carbocycles. The smallest absolute Gasteiger partial charge is 0.243 e. The summed E-state index contributed by atoms with van der Waals surface area (Å²) in [6.45, 7) is 3.00. The molecule has 0 unspecified atom stereocenters. The van der Waals surface area contributed by atoms with E-state index in [1.807, 2.05) is 19.1 Å².